The van der Waals surface area contributed by atoms with Crippen LogP contribution in [0.1, 0.15) is 83.2 Å². The first-order valence-electron chi connectivity index (χ1n) is 14.3. The van der Waals surface area contributed by atoms with Crippen LogP contribution in [0.25, 0.3) is 11.1 Å². The number of rotatable bonds is 9. The minimum absolute atomic E-state index is 0.00272. The van der Waals surface area contributed by atoms with Crippen LogP contribution in [0.4, 0.5) is 0 Å². The van der Waals surface area contributed by atoms with E-state index in [1.807, 2.05) is 31.2 Å². The van der Waals surface area contributed by atoms with Gasteiger partial charge in [-0.05, 0) is 108 Å². The molecule has 2 aliphatic carbocycles. The molecule has 0 radical (unpaired) electrons. The van der Waals surface area contributed by atoms with E-state index >= 15 is 0 Å². The lowest BCUT2D eigenvalue weighted by atomic mass is 9.97. The third kappa shape index (κ3) is 6.97. The highest BCUT2D eigenvalue weighted by atomic mass is 32.2. The monoisotopic (exact) mass is 596 g/mol. The fourth-order valence-electron chi connectivity index (χ4n) is 5.48. The van der Waals surface area contributed by atoms with Crippen LogP contribution in [0, 0.1) is 0 Å². The van der Waals surface area contributed by atoms with Gasteiger partial charge in [0, 0.05) is 21.9 Å². The third-order valence-electron chi connectivity index (χ3n) is 7.73. The molecule has 220 valence electrons. The van der Waals surface area contributed by atoms with Gasteiger partial charge >= 0.3 is 17.9 Å². The number of thioether (sulfide) groups is 1. The summed E-state index contributed by atoms with van der Waals surface area (Å²) in [6.45, 7) is 9.17. The van der Waals surface area contributed by atoms with Crippen molar-refractivity contribution < 1.29 is 33.4 Å². The zero-order valence-corrected chi connectivity index (χ0v) is 24.7. The van der Waals surface area contributed by atoms with Gasteiger partial charge in [0.2, 0.25) is 5.12 Å². The molecule has 5 rings (SSSR count). The standard InChI is InChI=1S/C35H32O7S/c1-4-40-34(38)23-10-16-28-29-17-11-24(20-31(29)22(3)30(28)19-23)35(39)43-27-14-12-26(13-15-27)42-33(37)21(2)18-32(36)41-25-8-6-5-7-9-25/h4,10-17,19-20,22,25H,1-2,5-9,18H2,3H3. The van der Waals surface area contributed by atoms with Gasteiger partial charge in [-0.3, -0.25) is 9.59 Å². The van der Waals surface area contributed by atoms with Crippen molar-refractivity contribution in [1.29, 1.82) is 0 Å². The van der Waals surface area contributed by atoms with E-state index < -0.39 is 17.9 Å². The Morgan fingerprint density at radius 3 is 2.16 bits per heavy atom. The molecule has 0 heterocycles. The normalized spacial score (nSPS) is 15.5. The second kappa shape index (κ2) is 13.3. The zero-order valence-electron chi connectivity index (χ0n) is 23.9. The van der Waals surface area contributed by atoms with Crippen LogP contribution in [0.5, 0.6) is 5.75 Å². The number of ether oxygens (including phenoxy) is 3. The molecule has 43 heavy (non-hydrogen) atoms. The lowest BCUT2D eigenvalue weighted by Crippen LogP contribution is -2.22. The summed E-state index contributed by atoms with van der Waals surface area (Å²) in [4.78, 5) is 50.6. The van der Waals surface area contributed by atoms with Crippen LogP contribution >= 0.6 is 11.8 Å². The predicted molar refractivity (Wildman–Crippen MR) is 164 cm³/mol. The average Bonchev–Trinajstić information content (AvgIpc) is 3.29. The Balaban J connectivity index is 1.17. The molecule has 3 aromatic carbocycles. The minimum atomic E-state index is -0.699. The number of benzene rings is 3. The molecule has 0 N–H and O–H groups in total. The molecule has 1 saturated carbocycles. The van der Waals surface area contributed by atoms with Crippen molar-refractivity contribution in [3.8, 4) is 16.9 Å². The summed E-state index contributed by atoms with van der Waals surface area (Å²) < 4.78 is 15.7. The van der Waals surface area contributed by atoms with E-state index in [0.29, 0.717) is 16.0 Å². The quantitative estimate of drug-likeness (QED) is 0.0812. The summed E-state index contributed by atoms with van der Waals surface area (Å²) in [7, 11) is 0. The van der Waals surface area contributed by atoms with Crippen molar-refractivity contribution in [2.24, 2.45) is 0 Å². The molecule has 0 aliphatic heterocycles. The number of carbonyl (C=O) groups excluding carboxylic acids is 4. The maximum atomic E-state index is 13.2. The Bertz CT molecular complexity index is 1600. The molecule has 1 unspecified atom stereocenters. The van der Waals surface area contributed by atoms with Crippen LogP contribution in [0.3, 0.4) is 0 Å². The summed E-state index contributed by atoms with van der Waals surface area (Å²) in [5.41, 5.74) is 5.10. The molecule has 2 aliphatic rings. The fraction of sp³-hybridized carbons (Fsp3) is 0.257. The Kier molecular flexibility index (Phi) is 9.26. The predicted octanol–water partition coefficient (Wildman–Crippen LogP) is 7.78. The lowest BCUT2D eigenvalue weighted by molar-refractivity contribution is -0.150. The molecule has 8 heteroatoms. The van der Waals surface area contributed by atoms with E-state index in [4.69, 9.17) is 14.2 Å². The molecule has 0 bridgehead atoms. The number of esters is 3. The zero-order chi connectivity index (χ0) is 30.5. The molecule has 0 aromatic heterocycles. The van der Waals surface area contributed by atoms with Gasteiger partial charge < -0.3 is 14.2 Å². The molecular weight excluding hydrogens is 564 g/mol. The Labute approximate surface area is 254 Å². The molecular formula is C35H32O7S. The molecule has 0 amide bonds. The van der Waals surface area contributed by atoms with Gasteiger partial charge in [-0.2, -0.15) is 0 Å². The van der Waals surface area contributed by atoms with Gasteiger partial charge in [0.25, 0.3) is 0 Å². The van der Waals surface area contributed by atoms with E-state index in [0.717, 1.165) is 72.4 Å². The van der Waals surface area contributed by atoms with Gasteiger partial charge in [-0.1, -0.05) is 38.6 Å². The summed E-state index contributed by atoms with van der Waals surface area (Å²) in [6.07, 6.45) is 5.75. The topological polar surface area (TPSA) is 96.0 Å². The first-order chi connectivity index (χ1) is 20.7. The highest BCUT2D eigenvalue weighted by molar-refractivity contribution is 8.14. The number of hydrogen-bond acceptors (Lipinski definition) is 8. The van der Waals surface area contributed by atoms with Crippen LogP contribution in [-0.4, -0.2) is 29.1 Å². The van der Waals surface area contributed by atoms with Crippen LogP contribution < -0.4 is 4.74 Å². The molecule has 1 atom stereocenters. The van der Waals surface area contributed by atoms with Crippen molar-refractivity contribution >= 4 is 34.8 Å². The van der Waals surface area contributed by atoms with Gasteiger partial charge in [-0.25, -0.2) is 9.59 Å². The Morgan fingerprint density at radius 2 is 1.51 bits per heavy atom. The fourth-order valence-corrected chi connectivity index (χ4v) is 6.21. The molecule has 3 aromatic rings. The molecule has 7 nitrogen and oxygen atoms in total. The molecule has 0 saturated heterocycles. The SMILES string of the molecule is C=COC(=O)c1ccc2c(c1)C(C)c1cc(C(=O)Sc3ccc(OC(=O)C(=C)CC(=O)OC4CCCCC4)cc3)ccc1-2. The van der Waals surface area contributed by atoms with E-state index in [1.54, 1.807) is 36.4 Å². The van der Waals surface area contributed by atoms with Gasteiger partial charge in [0.15, 0.2) is 0 Å². The van der Waals surface area contributed by atoms with Gasteiger partial charge in [-0.15, -0.1) is 0 Å². The lowest BCUT2D eigenvalue weighted by Gasteiger charge is -2.21. The average molecular weight is 597 g/mol. The van der Waals surface area contributed by atoms with Gasteiger partial charge in [0.1, 0.15) is 11.9 Å². The van der Waals surface area contributed by atoms with Crippen molar-refractivity contribution in [3.05, 3.63) is 108 Å². The second-order valence-corrected chi connectivity index (χ2v) is 11.7. The first-order valence-corrected chi connectivity index (χ1v) is 15.1. The number of hydrogen-bond donors (Lipinski definition) is 0. The summed E-state index contributed by atoms with van der Waals surface area (Å²) in [5, 5.41) is -0.129. The highest BCUT2D eigenvalue weighted by Gasteiger charge is 2.28. The number of carbonyl (C=O) groups is 4. The first kappa shape index (κ1) is 30.0. The summed E-state index contributed by atoms with van der Waals surface area (Å²) >= 11 is 1.07. The smallest absolute Gasteiger partial charge is 0.342 e. The van der Waals surface area contributed by atoms with E-state index in [2.05, 4.69) is 13.2 Å². The van der Waals surface area contributed by atoms with E-state index in [1.165, 1.54) is 0 Å². The van der Waals surface area contributed by atoms with E-state index in [-0.39, 0.29) is 34.9 Å². The minimum Gasteiger partial charge on any atom is -0.462 e. The molecule has 1 fully saturated rings. The third-order valence-corrected chi connectivity index (χ3v) is 8.66. The maximum Gasteiger partial charge on any atom is 0.342 e. The van der Waals surface area contributed by atoms with Gasteiger partial charge in [0.05, 0.1) is 18.2 Å². The summed E-state index contributed by atoms with van der Waals surface area (Å²) in [5.74, 6) is -1.36. The Hall–Kier alpha value is -4.43. The van der Waals surface area contributed by atoms with Crippen molar-refractivity contribution in [2.45, 2.75) is 62.4 Å². The molecule has 0 spiro atoms. The van der Waals surface area contributed by atoms with Crippen molar-refractivity contribution in [2.75, 3.05) is 0 Å². The second-order valence-electron chi connectivity index (χ2n) is 10.7. The number of fused-ring (bicyclic) bond motifs is 3. The van der Waals surface area contributed by atoms with Crippen LogP contribution in [-0.2, 0) is 19.1 Å². The maximum absolute atomic E-state index is 13.2. The van der Waals surface area contributed by atoms with E-state index in [9.17, 15) is 19.2 Å². The van der Waals surface area contributed by atoms with Crippen LogP contribution in [0.15, 0.2) is 90.6 Å². The van der Waals surface area contributed by atoms with Crippen molar-refractivity contribution in [3.63, 3.8) is 0 Å². The highest BCUT2D eigenvalue weighted by Crippen LogP contribution is 2.45. The summed E-state index contributed by atoms with van der Waals surface area (Å²) in [6, 6.07) is 17.7. The Morgan fingerprint density at radius 1 is 0.884 bits per heavy atom. The van der Waals surface area contributed by atoms with Crippen LogP contribution in [0.2, 0.25) is 0 Å². The van der Waals surface area contributed by atoms with Crippen molar-refractivity contribution in [1.82, 2.24) is 0 Å². The largest absolute Gasteiger partial charge is 0.462 e.